The largest absolute Gasteiger partial charge is 0.420 e. The maximum Gasteiger partial charge on any atom is 0.420 e. The maximum absolute atomic E-state index is 12.0. The highest BCUT2D eigenvalue weighted by Gasteiger charge is 2.41. The van der Waals surface area contributed by atoms with Crippen molar-refractivity contribution in [2.45, 2.75) is 19.2 Å². The fourth-order valence-corrected chi connectivity index (χ4v) is 0.919. The van der Waals surface area contributed by atoms with Crippen LogP contribution in [0, 0.1) is 6.92 Å². The Labute approximate surface area is 71.6 Å². The van der Waals surface area contributed by atoms with Crippen molar-refractivity contribution in [3.05, 3.63) is 11.4 Å². The minimum Gasteiger partial charge on any atom is -0.378 e. The monoisotopic (exact) mass is 195 g/mol. The first-order chi connectivity index (χ1) is 5.82. The molecule has 4 nitrogen and oxygen atoms in total. The van der Waals surface area contributed by atoms with Crippen LogP contribution in [0.5, 0.6) is 0 Å². The third-order valence-corrected chi connectivity index (χ3v) is 1.51. The van der Waals surface area contributed by atoms with E-state index in [9.17, 15) is 13.2 Å². The number of halogens is 3. The molecule has 74 valence electrons. The number of rotatable bonds is 1. The van der Waals surface area contributed by atoms with E-state index in [1.165, 1.54) is 6.92 Å². The van der Waals surface area contributed by atoms with E-state index in [0.29, 0.717) is 0 Å². The van der Waals surface area contributed by atoms with E-state index in [1.54, 1.807) is 0 Å². The number of aromatic amines is 1. The smallest absolute Gasteiger partial charge is 0.378 e. The molecule has 0 radical (unpaired) electrons. The van der Waals surface area contributed by atoms with E-state index >= 15 is 0 Å². The van der Waals surface area contributed by atoms with E-state index in [4.69, 9.17) is 10.8 Å². The summed E-state index contributed by atoms with van der Waals surface area (Å²) in [6.45, 7) is 1.35. The van der Waals surface area contributed by atoms with Gasteiger partial charge in [0.05, 0.1) is 0 Å². The minimum atomic E-state index is -4.72. The minimum absolute atomic E-state index is 0.113. The molecular weight excluding hydrogens is 187 g/mol. The lowest BCUT2D eigenvalue weighted by molar-refractivity contribution is -0.208. The van der Waals surface area contributed by atoms with Crippen molar-refractivity contribution in [1.82, 2.24) is 9.97 Å². The highest BCUT2D eigenvalue weighted by atomic mass is 19.4. The molecule has 1 aromatic rings. The van der Waals surface area contributed by atoms with Crippen LogP contribution in [0.25, 0.3) is 0 Å². The first-order valence-electron chi connectivity index (χ1n) is 3.39. The number of aryl methyl sites for hydroxylation is 1. The third-order valence-electron chi connectivity index (χ3n) is 1.51. The van der Waals surface area contributed by atoms with Crippen molar-refractivity contribution in [1.29, 1.82) is 0 Å². The summed E-state index contributed by atoms with van der Waals surface area (Å²) < 4.78 is 35.9. The molecule has 7 heteroatoms. The van der Waals surface area contributed by atoms with Crippen LogP contribution in [0.1, 0.15) is 17.5 Å². The quantitative estimate of drug-likeness (QED) is 0.623. The summed E-state index contributed by atoms with van der Waals surface area (Å²) in [6, 6.07) is 0. The summed E-state index contributed by atoms with van der Waals surface area (Å²) in [7, 11) is 0. The van der Waals surface area contributed by atoms with Gasteiger partial charge in [0.1, 0.15) is 5.69 Å². The molecule has 1 rings (SSSR count). The lowest BCUT2D eigenvalue weighted by atomic mass is 10.2. The maximum atomic E-state index is 12.0. The Morgan fingerprint density at radius 2 is 2.08 bits per heavy atom. The fourth-order valence-electron chi connectivity index (χ4n) is 0.919. The summed E-state index contributed by atoms with van der Waals surface area (Å²) in [5, 5.41) is 8.79. The molecule has 0 aromatic carbocycles. The molecule has 0 aliphatic heterocycles. The third kappa shape index (κ3) is 1.92. The predicted molar refractivity (Wildman–Crippen MR) is 38.8 cm³/mol. The average molecular weight is 195 g/mol. The van der Waals surface area contributed by atoms with Crippen LogP contribution in [0.2, 0.25) is 0 Å². The normalized spacial score (nSPS) is 14.5. The Hall–Kier alpha value is -1.24. The lowest BCUT2D eigenvalue weighted by Crippen LogP contribution is -2.21. The summed E-state index contributed by atoms with van der Waals surface area (Å²) in [4.78, 5) is 5.70. The number of anilines is 1. The summed E-state index contributed by atoms with van der Waals surface area (Å²) in [5.41, 5.74) is 4.75. The molecular formula is C6H8F3N3O. The molecule has 0 aliphatic carbocycles. The van der Waals surface area contributed by atoms with Crippen molar-refractivity contribution in [3.63, 3.8) is 0 Å². The van der Waals surface area contributed by atoms with Crippen LogP contribution in [0.3, 0.4) is 0 Å². The molecule has 0 unspecified atom stereocenters. The number of aliphatic hydroxyl groups is 1. The Morgan fingerprint density at radius 3 is 2.38 bits per heavy atom. The van der Waals surface area contributed by atoms with Gasteiger partial charge in [0.15, 0.2) is 12.1 Å². The number of alkyl halides is 3. The van der Waals surface area contributed by atoms with Gasteiger partial charge in [-0.3, -0.25) is 0 Å². The Bertz CT molecular complexity index is 307. The van der Waals surface area contributed by atoms with Crippen molar-refractivity contribution < 1.29 is 18.3 Å². The highest BCUT2D eigenvalue weighted by Crippen LogP contribution is 2.32. The van der Waals surface area contributed by atoms with E-state index < -0.39 is 18.0 Å². The fraction of sp³-hybridized carbons (Fsp3) is 0.500. The number of nitrogens with one attached hydrogen (secondary N) is 1. The summed E-state index contributed by atoms with van der Waals surface area (Å²) >= 11 is 0. The Balaban J connectivity index is 3.01. The molecule has 0 aliphatic rings. The number of hydrogen-bond acceptors (Lipinski definition) is 3. The number of aliphatic hydroxyl groups excluding tert-OH is 1. The van der Waals surface area contributed by atoms with Crippen LogP contribution in [0.4, 0.5) is 19.1 Å². The van der Waals surface area contributed by atoms with Crippen molar-refractivity contribution in [2.24, 2.45) is 0 Å². The standard InChI is InChI=1S/C6H8F3N3O/c1-2-3(12-5(10)11-2)4(13)6(7,8)9/h4,13H,1H3,(H3,10,11,12)/t4-/m0/s1. The van der Waals surface area contributed by atoms with Gasteiger partial charge in [-0.1, -0.05) is 0 Å². The number of H-pyrrole nitrogens is 1. The number of aromatic nitrogens is 2. The van der Waals surface area contributed by atoms with Gasteiger partial charge in [-0.15, -0.1) is 0 Å². The number of hydrogen-bond donors (Lipinski definition) is 3. The Kier molecular flexibility index (Phi) is 2.21. The van der Waals surface area contributed by atoms with E-state index in [-0.39, 0.29) is 11.6 Å². The lowest BCUT2D eigenvalue weighted by Gasteiger charge is -2.12. The van der Waals surface area contributed by atoms with Crippen LogP contribution in [-0.4, -0.2) is 21.3 Å². The summed E-state index contributed by atoms with van der Waals surface area (Å²) in [5.74, 6) is -0.143. The molecule has 1 aromatic heterocycles. The van der Waals surface area contributed by atoms with Gasteiger partial charge in [0.25, 0.3) is 0 Å². The second-order valence-electron chi connectivity index (χ2n) is 2.58. The average Bonchev–Trinajstić information content (AvgIpc) is 2.26. The highest BCUT2D eigenvalue weighted by molar-refractivity contribution is 5.27. The van der Waals surface area contributed by atoms with Crippen molar-refractivity contribution in [3.8, 4) is 0 Å². The number of nitrogens with zero attached hydrogens (tertiary/aromatic N) is 1. The van der Waals surface area contributed by atoms with E-state index in [0.717, 1.165) is 0 Å². The van der Waals surface area contributed by atoms with Crippen LogP contribution in [0.15, 0.2) is 0 Å². The van der Waals surface area contributed by atoms with Gasteiger partial charge in [0, 0.05) is 5.69 Å². The summed E-state index contributed by atoms with van der Waals surface area (Å²) in [6.07, 6.45) is -7.30. The topological polar surface area (TPSA) is 74.9 Å². The molecule has 0 amide bonds. The molecule has 4 N–H and O–H groups in total. The van der Waals surface area contributed by atoms with Crippen LogP contribution in [-0.2, 0) is 0 Å². The predicted octanol–water partition coefficient (Wildman–Crippen LogP) is 0.896. The molecule has 0 saturated carbocycles. The van der Waals surface area contributed by atoms with Crippen molar-refractivity contribution in [2.75, 3.05) is 5.73 Å². The molecule has 0 fully saturated rings. The molecule has 1 heterocycles. The SMILES string of the molecule is Cc1[nH]c(N)nc1[C@H](O)C(F)(F)F. The van der Waals surface area contributed by atoms with Gasteiger partial charge in [-0.2, -0.15) is 13.2 Å². The van der Waals surface area contributed by atoms with E-state index in [2.05, 4.69) is 9.97 Å². The van der Waals surface area contributed by atoms with Gasteiger partial charge >= 0.3 is 6.18 Å². The molecule has 0 saturated heterocycles. The van der Waals surface area contributed by atoms with Crippen molar-refractivity contribution >= 4 is 5.95 Å². The molecule has 13 heavy (non-hydrogen) atoms. The second kappa shape index (κ2) is 2.91. The van der Waals surface area contributed by atoms with Gasteiger partial charge < -0.3 is 15.8 Å². The zero-order valence-corrected chi connectivity index (χ0v) is 6.68. The van der Waals surface area contributed by atoms with E-state index in [1.807, 2.05) is 0 Å². The zero-order valence-electron chi connectivity index (χ0n) is 6.68. The van der Waals surface area contributed by atoms with Gasteiger partial charge in [0.2, 0.25) is 0 Å². The molecule has 1 atom stereocenters. The number of nitrogen functional groups attached to an aromatic ring is 1. The molecule has 0 bridgehead atoms. The van der Waals surface area contributed by atoms with Crippen LogP contribution >= 0.6 is 0 Å². The Morgan fingerprint density at radius 1 is 1.54 bits per heavy atom. The number of imidazole rings is 1. The number of nitrogens with two attached hydrogens (primary N) is 1. The second-order valence-corrected chi connectivity index (χ2v) is 2.58. The zero-order chi connectivity index (χ0) is 10.2. The van der Waals surface area contributed by atoms with Gasteiger partial charge in [-0.25, -0.2) is 4.98 Å². The molecule has 0 spiro atoms. The van der Waals surface area contributed by atoms with Crippen LogP contribution < -0.4 is 5.73 Å². The van der Waals surface area contributed by atoms with Gasteiger partial charge in [-0.05, 0) is 6.92 Å². The first kappa shape index (κ1) is 9.85. The first-order valence-corrected chi connectivity index (χ1v) is 3.39.